The molecule has 5 nitrogen and oxygen atoms in total. The highest BCUT2D eigenvalue weighted by Crippen LogP contribution is 2.30. The Bertz CT molecular complexity index is 745. The molecule has 2 aromatic carbocycles. The number of halogens is 1. The van der Waals surface area contributed by atoms with E-state index < -0.39 is 0 Å². The van der Waals surface area contributed by atoms with E-state index in [1.807, 2.05) is 25.1 Å². The third kappa shape index (κ3) is 4.44. The number of benzene rings is 2. The van der Waals surface area contributed by atoms with Gasteiger partial charge < -0.3 is 19.7 Å². The lowest BCUT2D eigenvalue weighted by molar-refractivity contribution is 0.102. The highest BCUT2D eigenvalue weighted by atomic mass is 35.5. The summed E-state index contributed by atoms with van der Waals surface area (Å²) in [4.78, 5) is 14.9. The van der Waals surface area contributed by atoms with E-state index in [0.29, 0.717) is 41.8 Å². The molecule has 1 amide bonds. The van der Waals surface area contributed by atoms with E-state index in [4.69, 9.17) is 21.1 Å². The van der Waals surface area contributed by atoms with Crippen LogP contribution in [0, 0.1) is 0 Å². The van der Waals surface area contributed by atoms with Gasteiger partial charge in [0.2, 0.25) is 0 Å². The van der Waals surface area contributed by atoms with Crippen molar-refractivity contribution < 1.29 is 14.3 Å². The van der Waals surface area contributed by atoms with Crippen molar-refractivity contribution in [2.75, 3.05) is 43.1 Å². The van der Waals surface area contributed by atoms with Gasteiger partial charge in [-0.15, -0.1) is 0 Å². The van der Waals surface area contributed by atoms with Crippen molar-refractivity contribution in [1.82, 2.24) is 0 Å². The van der Waals surface area contributed by atoms with Crippen LogP contribution in [0.15, 0.2) is 42.5 Å². The molecular weight excluding hydrogens is 340 g/mol. The number of hydrogen-bond donors (Lipinski definition) is 1. The maximum atomic E-state index is 12.7. The highest BCUT2D eigenvalue weighted by molar-refractivity contribution is 6.31. The average Bonchev–Trinajstić information content (AvgIpc) is 2.63. The van der Waals surface area contributed by atoms with Gasteiger partial charge in [0, 0.05) is 23.7 Å². The molecule has 0 bridgehead atoms. The van der Waals surface area contributed by atoms with Crippen LogP contribution in [0.2, 0.25) is 5.02 Å². The zero-order chi connectivity index (χ0) is 17.6. The third-order valence-corrected chi connectivity index (χ3v) is 4.20. The Morgan fingerprint density at radius 1 is 1.24 bits per heavy atom. The molecule has 0 aromatic heterocycles. The number of morpholine rings is 1. The summed E-state index contributed by atoms with van der Waals surface area (Å²) in [5, 5.41) is 3.55. The van der Waals surface area contributed by atoms with Crippen LogP contribution in [0.25, 0.3) is 0 Å². The fraction of sp³-hybridized carbons (Fsp3) is 0.316. The summed E-state index contributed by atoms with van der Waals surface area (Å²) in [6, 6.07) is 12.7. The molecule has 1 aliphatic rings. The van der Waals surface area contributed by atoms with Crippen LogP contribution < -0.4 is 15.0 Å². The molecule has 2 aromatic rings. The van der Waals surface area contributed by atoms with Gasteiger partial charge in [0.1, 0.15) is 5.75 Å². The molecule has 1 heterocycles. The number of nitrogens with zero attached hydrogens (tertiary/aromatic N) is 1. The number of carbonyl (C=O) groups is 1. The van der Waals surface area contributed by atoms with Crippen LogP contribution in [0.4, 0.5) is 11.4 Å². The van der Waals surface area contributed by atoms with Crippen molar-refractivity contribution in [1.29, 1.82) is 0 Å². The summed E-state index contributed by atoms with van der Waals surface area (Å²) in [6.45, 7) is 5.38. The zero-order valence-corrected chi connectivity index (χ0v) is 14.9. The summed E-state index contributed by atoms with van der Waals surface area (Å²) in [7, 11) is 0. The number of ether oxygens (including phenoxy) is 2. The molecule has 0 spiro atoms. The summed E-state index contributed by atoms with van der Waals surface area (Å²) in [6.07, 6.45) is 0. The van der Waals surface area contributed by atoms with E-state index in [0.717, 1.165) is 18.8 Å². The molecule has 0 saturated carbocycles. The lowest BCUT2D eigenvalue weighted by Gasteiger charge is -2.30. The minimum Gasteiger partial charge on any atom is -0.494 e. The molecule has 0 radical (unpaired) electrons. The fourth-order valence-electron chi connectivity index (χ4n) is 2.78. The van der Waals surface area contributed by atoms with E-state index in [2.05, 4.69) is 10.2 Å². The topological polar surface area (TPSA) is 50.8 Å². The first kappa shape index (κ1) is 17.6. The van der Waals surface area contributed by atoms with Crippen molar-refractivity contribution in [3.05, 3.63) is 53.1 Å². The Hall–Kier alpha value is -2.24. The van der Waals surface area contributed by atoms with Gasteiger partial charge in [-0.2, -0.15) is 0 Å². The van der Waals surface area contributed by atoms with Crippen molar-refractivity contribution in [3.8, 4) is 5.75 Å². The first-order valence-corrected chi connectivity index (χ1v) is 8.71. The summed E-state index contributed by atoms with van der Waals surface area (Å²) in [5.41, 5.74) is 2.18. The number of rotatable bonds is 5. The average molecular weight is 361 g/mol. The van der Waals surface area contributed by atoms with Crippen molar-refractivity contribution in [2.24, 2.45) is 0 Å². The van der Waals surface area contributed by atoms with Gasteiger partial charge in [0.15, 0.2) is 0 Å². The van der Waals surface area contributed by atoms with Gasteiger partial charge in [-0.3, -0.25) is 4.79 Å². The molecular formula is C19H21ClN2O3. The molecule has 1 aliphatic heterocycles. The summed E-state index contributed by atoms with van der Waals surface area (Å²) >= 11 is 6.14. The fourth-order valence-corrected chi connectivity index (χ4v) is 2.95. The molecule has 0 unspecified atom stereocenters. The lowest BCUT2D eigenvalue weighted by atomic mass is 10.1. The van der Waals surface area contributed by atoms with Crippen LogP contribution in [-0.2, 0) is 4.74 Å². The standard InChI is InChI=1S/C19H21ClN2O3/c1-2-25-16-5-3-4-14(12-16)19(23)21-17-13-15(20)6-7-18(17)22-8-10-24-11-9-22/h3-7,12-13H,2,8-11H2,1H3,(H,21,23). The Kier molecular flexibility index (Phi) is 5.79. The largest absolute Gasteiger partial charge is 0.494 e. The minimum atomic E-state index is -0.196. The molecule has 1 saturated heterocycles. The molecule has 0 atom stereocenters. The number of amides is 1. The van der Waals surface area contributed by atoms with Crippen molar-refractivity contribution in [2.45, 2.75) is 6.92 Å². The van der Waals surface area contributed by atoms with Gasteiger partial charge in [0.25, 0.3) is 5.91 Å². The predicted octanol–water partition coefficient (Wildman–Crippen LogP) is 3.83. The number of nitrogens with one attached hydrogen (secondary N) is 1. The van der Waals surface area contributed by atoms with E-state index >= 15 is 0 Å². The molecule has 1 fully saturated rings. The monoisotopic (exact) mass is 360 g/mol. The van der Waals surface area contributed by atoms with Crippen LogP contribution in [0.1, 0.15) is 17.3 Å². The predicted molar refractivity (Wildman–Crippen MR) is 100 cm³/mol. The zero-order valence-electron chi connectivity index (χ0n) is 14.1. The summed E-state index contributed by atoms with van der Waals surface area (Å²) < 4.78 is 10.9. The molecule has 6 heteroatoms. The summed E-state index contributed by atoms with van der Waals surface area (Å²) in [5.74, 6) is 0.480. The van der Waals surface area contributed by atoms with Gasteiger partial charge in [0.05, 0.1) is 31.2 Å². The minimum absolute atomic E-state index is 0.196. The van der Waals surface area contributed by atoms with Crippen LogP contribution in [0.3, 0.4) is 0 Å². The Balaban J connectivity index is 1.82. The molecule has 0 aliphatic carbocycles. The van der Waals surface area contributed by atoms with Crippen molar-refractivity contribution in [3.63, 3.8) is 0 Å². The first-order valence-electron chi connectivity index (χ1n) is 8.34. The van der Waals surface area contributed by atoms with E-state index in [-0.39, 0.29) is 5.91 Å². The van der Waals surface area contributed by atoms with Gasteiger partial charge in [-0.1, -0.05) is 17.7 Å². The second-order valence-corrected chi connectivity index (χ2v) is 6.11. The number of anilines is 2. The van der Waals surface area contributed by atoms with Gasteiger partial charge in [-0.25, -0.2) is 0 Å². The maximum absolute atomic E-state index is 12.7. The van der Waals surface area contributed by atoms with Crippen LogP contribution in [-0.4, -0.2) is 38.8 Å². The first-order chi connectivity index (χ1) is 12.2. The number of carbonyl (C=O) groups excluding carboxylic acids is 1. The van der Waals surface area contributed by atoms with E-state index in [1.54, 1.807) is 24.3 Å². The second kappa shape index (κ2) is 8.23. The third-order valence-electron chi connectivity index (χ3n) is 3.97. The molecule has 25 heavy (non-hydrogen) atoms. The molecule has 132 valence electrons. The SMILES string of the molecule is CCOc1cccc(C(=O)Nc2cc(Cl)ccc2N2CCOCC2)c1. The maximum Gasteiger partial charge on any atom is 0.255 e. The van der Waals surface area contributed by atoms with Gasteiger partial charge in [-0.05, 0) is 43.3 Å². The number of hydrogen-bond acceptors (Lipinski definition) is 4. The van der Waals surface area contributed by atoms with Gasteiger partial charge >= 0.3 is 0 Å². The quantitative estimate of drug-likeness (QED) is 0.880. The lowest BCUT2D eigenvalue weighted by Crippen LogP contribution is -2.36. The Labute approximate surface area is 152 Å². The Morgan fingerprint density at radius 2 is 2.04 bits per heavy atom. The van der Waals surface area contributed by atoms with Crippen LogP contribution >= 0.6 is 11.6 Å². The van der Waals surface area contributed by atoms with Crippen LogP contribution in [0.5, 0.6) is 5.75 Å². The van der Waals surface area contributed by atoms with E-state index in [9.17, 15) is 4.79 Å². The smallest absolute Gasteiger partial charge is 0.255 e. The molecule has 1 N–H and O–H groups in total. The highest BCUT2D eigenvalue weighted by Gasteiger charge is 2.17. The van der Waals surface area contributed by atoms with Crippen molar-refractivity contribution >= 4 is 28.9 Å². The van der Waals surface area contributed by atoms with E-state index in [1.165, 1.54) is 0 Å². The molecule has 3 rings (SSSR count). The Morgan fingerprint density at radius 3 is 2.80 bits per heavy atom. The second-order valence-electron chi connectivity index (χ2n) is 5.68. The normalized spacial score (nSPS) is 14.2.